The van der Waals surface area contributed by atoms with Crippen LogP contribution < -0.4 is 4.72 Å². The van der Waals surface area contributed by atoms with Gasteiger partial charge >= 0.3 is 0 Å². The molecule has 0 radical (unpaired) electrons. The molecule has 118 valence electrons. The van der Waals surface area contributed by atoms with Crippen LogP contribution in [-0.2, 0) is 10.0 Å². The van der Waals surface area contributed by atoms with E-state index in [0.29, 0.717) is 4.90 Å². The van der Waals surface area contributed by atoms with Gasteiger partial charge in [-0.1, -0.05) is 61.9 Å². The highest BCUT2D eigenvalue weighted by Crippen LogP contribution is 2.25. The Labute approximate surface area is 133 Å². The molecule has 2 aromatic carbocycles. The lowest BCUT2D eigenvalue weighted by molar-refractivity contribution is 0.463. The summed E-state index contributed by atoms with van der Waals surface area (Å²) < 4.78 is 28.3. The Morgan fingerprint density at radius 1 is 0.955 bits per heavy atom. The van der Waals surface area contributed by atoms with Crippen molar-refractivity contribution < 1.29 is 8.42 Å². The molecule has 4 heteroatoms. The van der Waals surface area contributed by atoms with Gasteiger partial charge in [0.25, 0.3) is 0 Å². The zero-order valence-electron chi connectivity index (χ0n) is 13.5. The predicted molar refractivity (Wildman–Crippen MR) is 90.3 cm³/mol. The first kappa shape index (κ1) is 16.7. The largest absolute Gasteiger partial charge is 0.241 e. The van der Waals surface area contributed by atoms with Crippen molar-refractivity contribution in [3.8, 4) is 0 Å². The molecule has 3 nitrogen and oxygen atoms in total. The van der Waals surface area contributed by atoms with Crippen LogP contribution >= 0.6 is 0 Å². The molecule has 2 rings (SSSR count). The van der Waals surface area contributed by atoms with E-state index in [2.05, 4.69) is 4.72 Å². The standard InChI is InChI=1S/C18H23NO2S/c1-13(2)18(16-8-6-5-7-9-16)19-22(20,21)17-11-10-14(3)12-15(17)4/h5-13,18-19H,1-4H3. The van der Waals surface area contributed by atoms with Crippen molar-refractivity contribution in [2.45, 2.75) is 38.6 Å². The summed E-state index contributed by atoms with van der Waals surface area (Å²) in [7, 11) is -3.55. The maximum atomic E-state index is 12.7. The van der Waals surface area contributed by atoms with Gasteiger partial charge in [0, 0.05) is 6.04 Å². The summed E-state index contributed by atoms with van der Waals surface area (Å²) >= 11 is 0. The maximum Gasteiger partial charge on any atom is 0.241 e. The Bertz CT molecular complexity index is 737. The van der Waals surface area contributed by atoms with Crippen molar-refractivity contribution in [3.63, 3.8) is 0 Å². The van der Waals surface area contributed by atoms with Crippen LogP contribution in [0.3, 0.4) is 0 Å². The molecule has 0 aromatic heterocycles. The predicted octanol–water partition coefficient (Wildman–Crippen LogP) is 3.98. The molecule has 0 aliphatic carbocycles. The van der Waals surface area contributed by atoms with Crippen LogP contribution in [0.2, 0.25) is 0 Å². The van der Waals surface area contributed by atoms with Crippen LogP contribution in [0.5, 0.6) is 0 Å². The van der Waals surface area contributed by atoms with Crippen LogP contribution in [0.25, 0.3) is 0 Å². The van der Waals surface area contributed by atoms with E-state index in [1.165, 1.54) is 0 Å². The lowest BCUT2D eigenvalue weighted by Gasteiger charge is -2.23. The number of sulfonamides is 1. The van der Waals surface area contributed by atoms with E-state index in [4.69, 9.17) is 0 Å². The number of hydrogen-bond donors (Lipinski definition) is 1. The van der Waals surface area contributed by atoms with Gasteiger partial charge in [-0.15, -0.1) is 0 Å². The Kier molecular flexibility index (Phi) is 5.04. The maximum absolute atomic E-state index is 12.7. The summed E-state index contributed by atoms with van der Waals surface area (Å²) in [6, 6.07) is 14.8. The highest BCUT2D eigenvalue weighted by atomic mass is 32.2. The summed E-state index contributed by atoms with van der Waals surface area (Å²) in [4.78, 5) is 0.347. The molecule has 0 aliphatic heterocycles. The quantitative estimate of drug-likeness (QED) is 0.906. The normalized spacial score (nSPS) is 13.3. The fraction of sp³-hybridized carbons (Fsp3) is 0.333. The van der Waals surface area contributed by atoms with Crippen LogP contribution in [0.1, 0.15) is 36.6 Å². The van der Waals surface area contributed by atoms with Gasteiger partial charge in [0.15, 0.2) is 0 Å². The van der Waals surface area contributed by atoms with Gasteiger partial charge in [0.1, 0.15) is 0 Å². The van der Waals surface area contributed by atoms with Gasteiger partial charge in [-0.3, -0.25) is 0 Å². The van der Waals surface area contributed by atoms with Gasteiger partial charge in [-0.2, -0.15) is 0 Å². The molecule has 22 heavy (non-hydrogen) atoms. The van der Waals surface area contributed by atoms with Crippen molar-refractivity contribution in [3.05, 3.63) is 65.2 Å². The fourth-order valence-electron chi connectivity index (χ4n) is 2.58. The average molecular weight is 317 g/mol. The number of benzene rings is 2. The Hall–Kier alpha value is -1.65. The van der Waals surface area contributed by atoms with E-state index in [0.717, 1.165) is 16.7 Å². The highest BCUT2D eigenvalue weighted by molar-refractivity contribution is 7.89. The molecule has 1 atom stereocenters. The zero-order valence-corrected chi connectivity index (χ0v) is 14.3. The summed E-state index contributed by atoms with van der Waals surface area (Å²) in [5.41, 5.74) is 2.80. The van der Waals surface area contributed by atoms with Gasteiger partial charge in [-0.05, 0) is 37.0 Å². The summed E-state index contributed by atoms with van der Waals surface area (Å²) in [6.07, 6.45) is 0. The smallest absolute Gasteiger partial charge is 0.207 e. The Balaban J connectivity index is 2.37. The van der Waals surface area contributed by atoms with E-state index >= 15 is 0 Å². The lowest BCUT2D eigenvalue weighted by Crippen LogP contribution is -2.32. The first-order valence-corrected chi connectivity index (χ1v) is 8.94. The Morgan fingerprint density at radius 3 is 2.14 bits per heavy atom. The van der Waals surface area contributed by atoms with Gasteiger partial charge in [0.05, 0.1) is 4.90 Å². The van der Waals surface area contributed by atoms with Crippen molar-refractivity contribution >= 4 is 10.0 Å². The minimum Gasteiger partial charge on any atom is -0.207 e. The van der Waals surface area contributed by atoms with Crippen molar-refractivity contribution in [1.82, 2.24) is 4.72 Å². The molecule has 0 fully saturated rings. The van der Waals surface area contributed by atoms with E-state index in [9.17, 15) is 8.42 Å². The summed E-state index contributed by atoms with van der Waals surface area (Å²) in [5.74, 6) is 0.155. The van der Waals surface area contributed by atoms with Crippen molar-refractivity contribution in [2.75, 3.05) is 0 Å². The molecule has 0 saturated heterocycles. The second kappa shape index (κ2) is 6.63. The molecular weight excluding hydrogens is 294 g/mol. The third-order valence-electron chi connectivity index (χ3n) is 3.73. The van der Waals surface area contributed by atoms with Gasteiger partial charge in [-0.25, -0.2) is 13.1 Å². The molecule has 1 unspecified atom stereocenters. The second-order valence-electron chi connectivity index (χ2n) is 6.02. The molecule has 0 spiro atoms. The summed E-state index contributed by atoms with van der Waals surface area (Å²) in [6.45, 7) is 7.82. The fourth-order valence-corrected chi connectivity index (χ4v) is 4.18. The molecule has 0 heterocycles. The van der Waals surface area contributed by atoms with Crippen LogP contribution in [0, 0.1) is 19.8 Å². The van der Waals surface area contributed by atoms with Gasteiger partial charge < -0.3 is 0 Å². The lowest BCUT2D eigenvalue weighted by atomic mass is 9.97. The van der Waals surface area contributed by atoms with E-state index in [1.54, 1.807) is 6.07 Å². The highest BCUT2D eigenvalue weighted by Gasteiger charge is 2.24. The van der Waals surface area contributed by atoms with E-state index in [1.807, 2.05) is 70.2 Å². The molecular formula is C18H23NO2S. The number of aryl methyl sites for hydroxylation is 2. The number of rotatable bonds is 5. The van der Waals surface area contributed by atoms with Crippen molar-refractivity contribution in [1.29, 1.82) is 0 Å². The first-order valence-electron chi connectivity index (χ1n) is 7.46. The molecule has 2 aromatic rings. The van der Waals surface area contributed by atoms with E-state index < -0.39 is 10.0 Å². The van der Waals surface area contributed by atoms with Gasteiger partial charge in [0.2, 0.25) is 10.0 Å². The second-order valence-corrected chi connectivity index (χ2v) is 7.71. The monoisotopic (exact) mass is 317 g/mol. The van der Waals surface area contributed by atoms with Crippen LogP contribution in [-0.4, -0.2) is 8.42 Å². The SMILES string of the molecule is Cc1ccc(S(=O)(=O)NC(c2ccccc2)C(C)C)c(C)c1. The minimum atomic E-state index is -3.55. The molecule has 0 saturated carbocycles. The zero-order chi connectivity index (χ0) is 16.3. The average Bonchev–Trinajstić information content (AvgIpc) is 2.45. The molecule has 0 aliphatic rings. The molecule has 1 N–H and O–H groups in total. The topological polar surface area (TPSA) is 46.2 Å². The third-order valence-corrected chi connectivity index (χ3v) is 5.33. The molecule has 0 bridgehead atoms. The van der Waals surface area contributed by atoms with E-state index in [-0.39, 0.29) is 12.0 Å². The van der Waals surface area contributed by atoms with Crippen LogP contribution in [0.4, 0.5) is 0 Å². The third kappa shape index (κ3) is 3.76. The number of nitrogens with one attached hydrogen (secondary N) is 1. The Morgan fingerprint density at radius 2 is 1.59 bits per heavy atom. The van der Waals surface area contributed by atoms with Crippen molar-refractivity contribution in [2.24, 2.45) is 5.92 Å². The first-order chi connectivity index (χ1) is 10.3. The summed E-state index contributed by atoms with van der Waals surface area (Å²) in [5, 5.41) is 0. The number of hydrogen-bond acceptors (Lipinski definition) is 2. The van der Waals surface area contributed by atoms with Crippen LogP contribution in [0.15, 0.2) is 53.4 Å². The molecule has 0 amide bonds. The minimum absolute atomic E-state index is 0.155.